The SMILES string of the molecule is O=S(=O)(F)N1CCC(C(F)(F)F)CC1. The highest BCUT2D eigenvalue weighted by molar-refractivity contribution is 7.83. The fourth-order valence-electron chi connectivity index (χ4n) is 1.40. The van der Waals surface area contributed by atoms with Gasteiger partial charge in [-0.2, -0.15) is 25.9 Å². The summed E-state index contributed by atoms with van der Waals surface area (Å²) in [6.07, 6.45) is -5.05. The Morgan fingerprint density at radius 1 is 1.14 bits per heavy atom. The standard InChI is InChI=1S/C6H9F4NO2S/c7-6(8,9)5-1-3-11(4-2-5)14(10,12)13/h5H,1-4H2. The van der Waals surface area contributed by atoms with Gasteiger partial charge >= 0.3 is 16.6 Å². The minimum atomic E-state index is -4.83. The van der Waals surface area contributed by atoms with Gasteiger partial charge in [0.2, 0.25) is 0 Å². The van der Waals surface area contributed by atoms with Gasteiger partial charge in [-0.05, 0) is 12.8 Å². The zero-order valence-electron chi connectivity index (χ0n) is 7.09. The number of hydrogen-bond acceptors (Lipinski definition) is 2. The molecule has 0 aromatic heterocycles. The molecule has 0 aromatic rings. The summed E-state index contributed by atoms with van der Waals surface area (Å²) in [5.41, 5.74) is 0. The molecule has 14 heavy (non-hydrogen) atoms. The molecule has 0 aromatic carbocycles. The van der Waals surface area contributed by atoms with Gasteiger partial charge in [0.25, 0.3) is 0 Å². The zero-order valence-corrected chi connectivity index (χ0v) is 7.91. The van der Waals surface area contributed by atoms with Crippen molar-refractivity contribution in [2.24, 2.45) is 5.92 Å². The van der Waals surface area contributed by atoms with E-state index in [0.29, 0.717) is 4.31 Å². The summed E-state index contributed by atoms with van der Waals surface area (Å²) < 4.78 is 69.7. The van der Waals surface area contributed by atoms with Crippen molar-refractivity contribution in [1.82, 2.24) is 4.31 Å². The van der Waals surface area contributed by atoms with Crippen molar-refractivity contribution in [3.05, 3.63) is 0 Å². The second-order valence-corrected chi connectivity index (χ2v) is 4.50. The van der Waals surface area contributed by atoms with Gasteiger partial charge in [-0.3, -0.25) is 0 Å². The van der Waals surface area contributed by atoms with Crippen LogP contribution >= 0.6 is 0 Å². The van der Waals surface area contributed by atoms with Gasteiger partial charge in [-0.1, -0.05) is 3.89 Å². The van der Waals surface area contributed by atoms with E-state index >= 15 is 0 Å². The number of piperidine rings is 1. The summed E-state index contributed by atoms with van der Waals surface area (Å²) in [5.74, 6) is -1.51. The number of rotatable bonds is 1. The number of halogens is 4. The molecule has 0 bridgehead atoms. The molecule has 1 heterocycles. The van der Waals surface area contributed by atoms with Gasteiger partial charge in [-0.25, -0.2) is 0 Å². The summed E-state index contributed by atoms with van der Waals surface area (Å²) in [7, 11) is -4.83. The van der Waals surface area contributed by atoms with E-state index in [1.807, 2.05) is 0 Å². The van der Waals surface area contributed by atoms with Crippen LogP contribution in [0.1, 0.15) is 12.8 Å². The Hall–Kier alpha value is -0.370. The van der Waals surface area contributed by atoms with Crippen LogP contribution in [-0.4, -0.2) is 32.0 Å². The molecule has 0 atom stereocenters. The average Bonchev–Trinajstić information content (AvgIpc) is 2.01. The lowest BCUT2D eigenvalue weighted by molar-refractivity contribution is -0.182. The van der Waals surface area contributed by atoms with E-state index in [4.69, 9.17) is 0 Å². The van der Waals surface area contributed by atoms with Crippen LogP contribution in [0.15, 0.2) is 0 Å². The van der Waals surface area contributed by atoms with Crippen LogP contribution in [0.3, 0.4) is 0 Å². The zero-order chi connectivity index (χ0) is 11.0. The molecule has 1 saturated heterocycles. The minimum absolute atomic E-state index is 0.368. The Morgan fingerprint density at radius 3 is 1.86 bits per heavy atom. The van der Waals surface area contributed by atoms with Crippen LogP contribution in [0.25, 0.3) is 0 Å². The molecule has 84 valence electrons. The first kappa shape index (κ1) is 11.7. The third-order valence-electron chi connectivity index (χ3n) is 2.23. The van der Waals surface area contributed by atoms with Crippen molar-refractivity contribution in [3.63, 3.8) is 0 Å². The van der Waals surface area contributed by atoms with Gasteiger partial charge in [-0.15, -0.1) is 0 Å². The third-order valence-corrected chi connectivity index (χ3v) is 3.21. The largest absolute Gasteiger partial charge is 0.391 e. The molecule has 1 aliphatic heterocycles. The highest BCUT2D eigenvalue weighted by Crippen LogP contribution is 2.34. The molecular formula is C6H9F4NO2S. The summed E-state index contributed by atoms with van der Waals surface area (Å²) in [6, 6.07) is 0. The lowest BCUT2D eigenvalue weighted by Crippen LogP contribution is -2.40. The van der Waals surface area contributed by atoms with Crippen molar-refractivity contribution in [3.8, 4) is 0 Å². The van der Waals surface area contributed by atoms with Gasteiger partial charge in [0.1, 0.15) is 0 Å². The molecule has 0 unspecified atom stereocenters. The van der Waals surface area contributed by atoms with E-state index < -0.39 is 35.6 Å². The second-order valence-electron chi connectivity index (χ2n) is 3.16. The first-order valence-corrected chi connectivity index (χ1v) is 5.32. The number of alkyl halides is 3. The molecule has 8 heteroatoms. The maximum absolute atomic E-state index is 12.3. The molecule has 3 nitrogen and oxygen atoms in total. The number of nitrogens with zero attached hydrogens (tertiary/aromatic N) is 1. The Morgan fingerprint density at radius 2 is 1.57 bits per heavy atom. The van der Waals surface area contributed by atoms with E-state index in [9.17, 15) is 25.5 Å². The molecule has 0 radical (unpaired) electrons. The molecule has 0 saturated carbocycles. The molecule has 0 aliphatic carbocycles. The van der Waals surface area contributed by atoms with Crippen molar-refractivity contribution in [2.45, 2.75) is 19.0 Å². The van der Waals surface area contributed by atoms with Crippen LogP contribution in [0, 0.1) is 5.92 Å². The van der Waals surface area contributed by atoms with Crippen LogP contribution in [0.5, 0.6) is 0 Å². The smallest absolute Gasteiger partial charge is 0.177 e. The van der Waals surface area contributed by atoms with Crippen LogP contribution in [0.4, 0.5) is 17.1 Å². The Balaban J connectivity index is 2.56. The molecular weight excluding hydrogens is 226 g/mol. The maximum Gasteiger partial charge on any atom is 0.391 e. The molecule has 1 aliphatic rings. The predicted octanol–water partition coefficient (Wildman–Crippen LogP) is 1.48. The monoisotopic (exact) mass is 235 g/mol. The summed E-state index contributed by atoms with van der Waals surface area (Å²) >= 11 is 0. The van der Waals surface area contributed by atoms with Crippen molar-refractivity contribution in [1.29, 1.82) is 0 Å². The number of hydrogen-bond donors (Lipinski definition) is 0. The van der Waals surface area contributed by atoms with Crippen molar-refractivity contribution < 1.29 is 25.5 Å². The lowest BCUT2D eigenvalue weighted by atomic mass is 9.98. The molecule has 0 N–H and O–H groups in total. The normalized spacial score (nSPS) is 22.6. The molecule has 0 spiro atoms. The van der Waals surface area contributed by atoms with Crippen molar-refractivity contribution in [2.75, 3.05) is 13.1 Å². The highest BCUT2D eigenvalue weighted by Gasteiger charge is 2.42. The van der Waals surface area contributed by atoms with Crippen LogP contribution in [-0.2, 0) is 10.4 Å². The fraction of sp³-hybridized carbons (Fsp3) is 1.00. The predicted molar refractivity (Wildman–Crippen MR) is 40.4 cm³/mol. The van der Waals surface area contributed by atoms with Gasteiger partial charge in [0.15, 0.2) is 0 Å². The average molecular weight is 235 g/mol. The van der Waals surface area contributed by atoms with Crippen LogP contribution < -0.4 is 0 Å². The second kappa shape index (κ2) is 3.65. The van der Waals surface area contributed by atoms with E-state index in [-0.39, 0.29) is 12.8 Å². The Labute approximate surface area is 79.0 Å². The van der Waals surface area contributed by atoms with Gasteiger partial charge in [0, 0.05) is 13.1 Å². The highest BCUT2D eigenvalue weighted by atomic mass is 32.3. The summed E-state index contributed by atoms with van der Waals surface area (Å²) in [4.78, 5) is 0. The summed E-state index contributed by atoms with van der Waals surface area (Å²) in [5, 5.41) is 0. The molecule has 0 amide bonds. The minimum Gasteiger partial charge on any atom is -0.177 e. The Bertz CT molecular complexity index is 291. The van der Waals surface area contributed by atoms with E-state index in [1.54, 1.807) is 0 Å². The quantitative estimate of drug-likeness (QED) is 0.510. The van der Waals surface area contributed by atoms with Crippen LogP contribution in [0.2, 0.25) is 0 Å². The lowest BCUT2D eigenvalue weighted by Gasteiger charge is -2.29. The van der Waals surface area contributed by atoms with Gasteiger partial charge in [0.05, 0.1) is 5.92 Å². The Kier molecular flexibility index (Phi) is 3.05. The fourth-order valence-corrected chi connectivity index (χ4v) is 2.05. The maximum atomic E-state index is 12.3. The van der Waals surface area contributed by atoms with Crippen molar-refractivity contribution >= 4 is 10.4 Å². The first-order chi connectivity index (χ1) is 6.21. The first-order valence-electron chi connectivity index (χ1n) is 3.97. The van der Waals surface area contributed by atoms with E-state index in [0.717, 1.165) is 0 Å². The molecule has 1 fully saturated rings. The molecule has 1 rings (SSSR count). The van der Waals surface area contributed by atoms with E-state index in [2.05, 4.69) is 0 Å². The topological polar surface area (TPSA) is 37.4 Å². The van der Waals surface area contributed by atoms with E-state index in [1.165, 1.54) is 0 Å². The third kappa shape index (κ3) is 2.81. The van der Waals surface area contributed by atoms with Gasteiger partial charge < -0.3 is 0 Å². The summed E-state index contributed by atoms with van der Waals surface area (Å²) in [6.45, 7) is -0.800.